The van der Waals surface area contributed by atoms with Gasteiger partial charge in [-0.2, -0.15) is 0 Å². The highest BCUT2D eigenvalue weighted by Crippen LogP contribution is 2.25. The third kappa shape index (κ3) is 3.07. The second-order valence-electron chi connectivity index (χ2n) is 5.49. The van der Waals surface area contributed by atoms with Crippen molar-refractivity contribution in [3.8, 4) is 0 Å². The molecule has 1 saturated heterocycles. The van der Waals surface area contributed by atoms with Crippen molar-refractivity contribution in [2.45, 2.75) is 26.3 Å². The fourth-order valence-electron chi connectivity index (χ4n) is 2.81. The lowest BCUT2D eigenvalue weighted by Gasteiger charge is -2.30. The van der Waals surface area contributed by atoms with E-state index in [2.05, 4.69) is 23.8 Å². The number of nitrogen functional groups attached to an aromatic ring is 1. The maximum absolute atomic E-state index is 11.4. The molecule has 0 bridgehead atoms. The van der Waals surface area contributed by atoms with Gasteiger partial charge in [0.15, 0.2) is 5.78 Å². The Morgan fingerprint density at radius 2 is 2.11 bits per heavy atom. The van der Waals surface area contributed by atoms with Crippen LogP contribution in [0, 0.1) is 0 Å². The number of nitrogens with zero attached hydrogens (tertiary/aromatic N) is 2. The molecule has 0 aliphatic carbocycles. The highest BCUT2D eigenvalue weighted by Gasteiger charge is 2.20. The number of likely N-dealkylation sites (N-methyl/N-ethyl adjacent to an activating group) is 1. The van der Waals surface area contributed by atoms with Crippen LogP contribution >= 0.6 is 0 Å². The second kappa shape index (κ2) is 5.61. The van der Waals surface area contributed by atoms with Gasteiger partial charge in [-0.3, -0.25) is 4.79 Å². The lowest BCUT2D eigenvalue weighted by molar-refractivity contribution is 0.101. The van der Waals surface area contributed by atoms with Gasteiger partial charge in [0.2, 0.25) is 0 Å². The minimum absolute atomic E-state index is 0.0210. The van der Waals surface area contributed by atoms with E-state index >= 15 is 0 Å². The maximum Gasteiger partial charge on any atom is 0.161 e. The van der Waals surface area contributed by atoms with Gasteiger partial charge in [-0.05, 0) is 52.1 Å². The topological polar surface area (TPSA) is 49.6 Å². The molecule has 1 aromatic rings. The van der Waals surface area contributed by atoms with Gasteiger partial charge < -0.3 is 15.5 Å². The first kappa shape index (κ1) is 13.9. The number of hydrogen-bond donors (Lipinski definition) is 1. The van der Waals surface area contributed by atoms with E-state index in [1.165, 1.54) is 0 Å². The van der Waals surface area contributed by atoms with Crippen molar-refractivity contribution in [2.24, 2.45) is 0 Å². The van der Waals surface area contributed by atoms with Gasteiger partial charge in [0.25, 0.3) is 0 Å². The van der Waals surface area contributed by atoms with Crippen molar-refractivity contribution in [3.63, 3.8) is 0 Å². The maximum atomic E-state index is 11.4. The fraction of sp³-hybridized carbons (Fsp3) is 0.533. The Morgan fingerprint density at radius 3 is 2.74 bits per heavy atom. The van der Waals surface area contributed by atoms with E-state index in [1.807, 2.05) is 18.2 Å². The molecule has 104 valence electrons. The molecule has 19 heavy (non-hydrogen) atoms. The molecule has 2 N–H and O–H groups in total. The molecule has 1 aromatic carbocycles. The molecular formula is C15H23N3O. The van der Waals surface area contributed by atoms with Crippen LogP contribution < -0.4 is 10.6 Å². The molecule has 1 atom stereocenters. The summed E-state index contributed by atoms with van der Waals surface area (Å²) >= 11 is 0. The molecule has 0 aromatic heterocycles. The zero-order chi connectivity index (χ0) is 14.0. The number of ketones is 1. The third-order valence-electron chi connectivity index (χ3n) is 3.79. The van der Waals surface area contributed by atoms with Crippen molar-refractivity contribution in [1.29, 1.82) is 0 Å². The van der Waals surface area contributed by atoms with E-state index in [0.29, 0.717) is 17.3 Å². The molecule has 1 aliphatic heterocycles. The third-order valence-corrected chi connectivity index (χ3v) is 3.79. The molecule has 1 aliphatic rings. The average Bonchev–Trinajstić information content (AvgIpc) is 2.49. The van der Waals surface area contributed by atoms with Crippen LogP contribution in [0.4, 0.5) is 11.4 Å². The number of nitrogens with two attached hydrogens (primary N) is 1. The molecule has 2 rings (SSSR count). The van der Waals surface area contributed by atoms with Crippen LogP contribution in [0.1, 0.15) is 30.6 Å². The Kier molecular flexibility index (Phi) is 4.10. The van der Waals surface area contributed by atoms with Crippen LogP contribution in [0.15, 0.2) is 18.2 Å². The van der Waals surface area contributed by atoms with E-state index in [-0.39, 0.29) is 5.78 Å². The van der Waals surface area contributed by atoms with Crippen molar-refractivity contribution in [1.82, 2.24) is 4.90 Å². The molecule has 4 nitrogen and oxygen atoms in total. The summed E-state index contributed by atoms with van der Waals surface area (Å²) in [6.45, 7) is 6.99. The van der Waals surface area contributed by atoms with Gasteiger partial charge in [0.1, 0.15) is 0 Å². The summed E-state index contributed by atoms with van der Waals surface area (Å²) in [5.74, 6) is 0.0210. The van der Waals surface area contributed by atoms with Crippen LogP contribution in [-0.2, 0) is 0 Å². The molecule has 1 heterocycles. The molecule has 1 unspecified atom stereocenters. The molecule has 0 saturated carbocycles. The average molecular weight is 261 g/mol. The zero-order valence-electron chi connectivity index (χ0n) is 12.0. The van der Waals surface area contributed by atoms with Gasteiger partial charge in [0, 0.05) is 36.1 Å². The van der Waals surface area contributed by atoms with E-state index in [4.69, 9.17) is 5.73 Å². The van der Waals surface area contributed by atoms with Gasteiger partial charge in [-0.25, -0.2) is 0 Å². The summed E-state index contributed by atoms with van der Waals surface area (Å²) in [6, 6.07) is 6.23. The SMILES string of the molecule is CC(=O)c1ccc(N2CCCN(C)CC2C)cc1N. The van der Waals surface area contributed by atoms with E-state index in [9.17, 15) is 4.79 Å². The minimum Gasteiger partial charge on any atom is -0.398 e. The number of carbonyl (C=O) groups is 1. The summed E-state index contributed by atoms with van der Waals surface area (Å²) < 4.78 is 0. The standard InChI is InChI=1S/C15H23N3O/c1-11-10-17(3)7-4-8-18(11)13-5-6-14(12(2)19)15(16)9-13/h5-6,9,11H,4,7-8,10,16H2,1-3H3. The van der Waals surface area contributed by atoms with Crippen LogP contribution in [0.25, 0.3) is 0 Å². The Morgan fingerprint density at radius 1 is 1.37 bits per heavy atom. The number of hydrogen-bond acceptors (Lipinski definition) is 4. The quantitative estimate of drug-likeness (QED) is 0.653. The number of anilines is 2. The van der Waals surface area contributed by atoms with Crippen molar-refractivity contribution < 1.29 is 4.79 Å². The minimum atomic E-state index is 0.0210. The van der Waals surface area contributed by atoms with Crippen LogP contribution in [0.3, 0.4) is 0 Å². The van der Waals surface area contributed by atoms with Crippen LogP contribution in [0.2, 0.25) is 0 Å². The summed E-state index contributed by atoms with van der Waals surface area (Å²) in [6.07, 6.45) is 1.15. The normalized spacial score (nSPS) is 21.2. The Hall–Kier alpha value is -1.55. The Labute approximate surface area is 115 Å². The predicted octanol–water partition coefficient (Wildman–Crippen LogP) is 2.00. The zero-order valence-corrected chi connectivity index (χ0v) is 12.0. The van der Waals surface area contributed by atoms with Gasteiger partial charge in [0.05, 0.1) is 0 Å². The highest BCUT2D eigenvalue weighted by atomic mass is 16.1. The lowest BCUT2D eigenvalue weighted by Crippen LogP contribution is -2.38. The summed E-state index contributed by atoms with van der Waals surface area (Å²) in [4.78, 5) is 16.2. The number of carbonyl (C=O) groups excluding carboxylic acids is 1. The van der Waals surface area contributed by atoms with Crippen LogP contribution in [-0.4, -0.2) is 43.4 Å². The first-order valence-electron chi connectivity index (χ1n) is 6.84. The predicted molar refractivity (Wildman–Crippen MR) is 79.8 cm³/mol. The van der Waals surface area contributed by atoms with E-state index < -0.39 is 0 Å². The second-order valence-corrected chi connectivity index (χ2v) is 5.49. The number of benzene rings is 1. The molecule has 4 heteroatoms. The fourth-order valence-corrected chi connectivity index (χ4v) is 2.81. The number of Topliss-reactive ketones (excluding diaryl/α,β-unsaturated/α-hetero) is 1. The first-order valence-corrected chi connectivity index (χ1v) is 6.84. The Bertz CT molecular complexity index is 472. The largest absolute Gasteiger partial charge is 0.398 e. The Balaban J connectivity index is 2.25. The highest BCUT2D eigenvalue weighted by molar-refractivity contribution is 5.99. The number of rotatable bonds is 2. The van der Waals surface area contributed by atoms with E-state index in [0.717, 1.165) is 31.7 Å². The molecule has 1 fully saturated rings. The lowest BCUT2D eigenvalue weighted by atomic mass is 10.1. The first-order chi connectivity index (χ1) is 8.99. The molecular weight excluding hydrogens is 238 g/mol. The van der Waals surface area contributed by atoms with Crippen molar-refractivity contribution in [3.05, 3.63) is 23.8 Å². The summed E-state index contributed by atoms with van der Waals surface area (Å²) in [5.41, 5.74) is 8.29. The van der Waals surface area contributed by atoms with Crippen LogP contribution in [0.5, 0.6) is 0 Å². The van der Waals surface area contributed by atoms with Crippen molar-refractivity contribution in [2.75, 3.05) is 37.3 Å². The van der Waals surface area contributed by atoms with Gasteiger partial charge in [-0.15, -0.1) is 0 Å². The monoisotopic (exact) mass is 261 g/mol. The van der Waals surface area contributed by atoms with Gasteiger partial charge in [-0.1, -0.05) is 0 Å². The summed E-state index contributed by atoms with van der Waals surface area (Å²) in [7, 11) is 2.16. The molecule has 0 spiro atoms. The smallest absolute Gasteiger partial charge is 0.161 e. The van der Waals surface area contributed by atoms with Crippen molar-refractivity contribution >= 4 is 17.2 Å². The molecule has 0 radical (unpaired) electrons. The van der Waals surface area contributed by atoms with E-state index in [1.54, 1.807) is 6.92 Å². The van der Waals surface area contributed by atoms with Gasteiger partial charge >= 0.3 is 0 Å². The molecule has 0 amide bonds. The summed E-state index contributed by atoms with van der Waals surface area (Å²) in [5, 5.41) is 0.